The van der Waals surface area contributed by atoms with Crippen LogP contribution in [0.4, 0.5) is 0 Å². The molecule has 0 saturated heterocycles. The SMILES string of the molecule is CCCCCCC(=O)N(Cc1ccccc1)Cc1cc2ccccc2nc1Cl. The maximum absolute atomic E-state index is 13.0. The Balaban J connectivity index is 1.79. The van der Waals surface area contributed by atoms with Crippen molar-refractivity contribution in [3.05, 3.63) is 76.9 Å². The quantitative estimate of drug-likeness (QED) is 0.311. The zero-order valence-electron chi connectivity index (χ0n) is 16.4. The summed E-state index contributed by atoms with van der Waals surface area (Å²) < 4.78 is 0. The molecule has 0 spiro atoms. The lowest BCUT2D eigenvalue weighted by molar-refractivity contribution is -0.132. The Bertz CT molecular complexity index is 911. The molecule has 1 heterocycles. The predicted molar refractivity (Wildman–Crippen MR) is 116 cm³/mol. The third-order valence-corrected chi connectivity index (χ3v) is 5.25. The van der Waals surface area contributed by atoms with E-state index in [1.54, 1.807) is 0 Å². The topological polar surface area (TPSA) is 33.2 Å². The summed E-state index contributed by atoms with van der Waals surface area (Å²) in [4.78, 5) is 19.4. The van der Waals surface area contributed by atoms with Gasteiger partial charge in [0.2, 0.25) is 5.91 Å². The monoisotopic (exact) mass is 394 g/mol. The van der Waals surface area contributed by atoms with Gasteiger partial charge in [0, 0.05) is 30.5 Å². The Labute approximate surface area is 172 Å². The average molecular weight is 395 g/mol. The number of hydrogen-bond donors (Lipinski definition) is 0. The largest absolute Gasteiger partial charge is 0.334 e. The predicted octanol–water partition coefficient (Wildman–Crippen LogP) is 6.39. The lowest BCUT2D eigenvalue weighted by Gasteiger charge is -2.24. The molecule has 2 aromatic carbocycles. The van der Waals surface area contributed by atoms with Crippen molar-refractivity contribution in [2.24, 2.45) is 0 Å². The Morgan fingerprint density at radius 2 is 1.71 bits per heavy atom. The molecule has 0 saturated carbocycles. The van der Waals surface area contributed by atoms with Crippen molar-refractivity contribution in [3.63, 3.8) is 0 Å². The maximum Gasteiger partial charge on any atom is 0.223 e. The molecule has 1 aromatic heterocycles. The average Bonchev–Trinajstić information content (AvgIpc) is 2.72. The Morgan fingerprint density at radius 3 is 2.50 bits per heavy atom. The second kappa shape index (κ2) is 10.2. The molecule has 0 aliphatic heterocycles. The fourth-order valence-electron chi connectivity index (χ4n) is 3.35. The Kier molecular flexibility index (Phi) is 7.44. The van der Waals surface area contributed by atoms with Crippen LogP contribution in [-0.4, -0.2) is 15.8 Å². The summed E-state index contributed by atoms with van der Waals surface area (Å²) in [6.45, 7) is 3.23. The first-order valence-corrected chi connectivity index (χ1v) is 10.4. The van der Waals surface area contributed by atoms with Gasteiger partial charge < -0.3 is 4.90 Å². The van der Waals surface area contributed by atoms with Crippen LogP contribution in [-0.2, 0) is 17.9 Å². The summed E-state index contributed by atoms with van der Waals surface area (Å²) in [5, 5.41) is 1.51. The molecule has 3 rings (SSSR count). The molecule has 3 aromatic rings. The molecule has 146 valence electrons. The lowest BCUT2D eigenvalue weighted by atomic mass is 10.1. The Hall–Kier alpha value is -2.39. The van der Waals surface area contributed by atoms with Crippen molar-refractivity contribution in [1.29, 1.82) is 0 Å². The molecule has 4 heteroatoms. The number of halogens is 1. The van der Waals surface area contributed by atoms with Gasteiger partial charge in [-0.1, -0.05) is 86.3 Å². The van der Waals surface area contributed by atoms with Crippen LogP contribution in [0.5, 0.6) is 0 Å². The van der Waals surface area contributed by atoms with E-state index in [0.717, 1.165) is 34.9 Å². The number of benzene rings is 2. The Morgan fingerprint density at radius 1 is 0.964 bits per heavy atom. The third-order valence-electron chi connectivity index (χ3n) is 4.92. The summed E-state index contributed by atoms with van der Waals surface area (Å²) in [5.74, 6) is 0.171. The van der Waals surface area contributed by atoms with E-state index in [-0.39, 0.29) is 5.91 Å². The van der Waals surface area contributed by atoms with Crippen LogP contribution in [0.15, 0.2) is 60.7 Å². The second-order valence-corrected chi connectivity index (χ2v) is 7.54. The molecule has 3 nitrogen and oxygen atoms in total. The molecule has 28 heavy (non-hydrogen) atoms. The number of carbonyl (C=O) groups excluding carboxylic acids is 1. The van der Waals surface area contributed by atoms with Gasteiger partial charge in [-0.2, -0.15) is 0 Å². The van der Waals surface area contributed by atoms with Crippen LogP contribution < -0.4 is 0 Å². The molecule has 0 radical (unpaired) electrons. The van der Waals surface area contributed by atoms with Crippen LogP contribution in [0, 0.1) is 0 Å². The highest BCUT2D eigenvalue weighted by molar-refractivity contribution is 6.30. The van der Waals surface area contributed by atoms with Gasteiger partial charge in [-0.3, -0.25) is 4.79 Å². The molecule has 0 bridgehead atoms. The number of unbranched alkanes of at least 4 members (excludes halogenated alkanes) is 3. The summed E-state index contributed by atoms with van der Waals surface area (Å²) in [5.41, 5.74) is 2.88. The van der Waals surface area contributed by atoms with Crippen molar-refractivity contribution in [2.75, 3.05) is 0 Å². The molecule has 0 fully saturated rings. The van der Waals surface area contributed by atoms with E-state index < -0.39 is 0 Å². The molecular formula is C24H27ClN2O. The fourth-order valence-corrected chi connectivity index (χ4v) is 3.56. The van der Waals surface area contributed by atoms with Gasteiger partial charge in [0.1, 0.15) is 5.15 Å². The number of fused-ring (bicyclic) bond motifs is 1. The van der Waals surface area contributed by atoms with Crippen LogP contribution in [0.1, 0.15) is 50.2 Å². The molecule has 0 N–H and O–H groups in total. The third kappa shape index (κ3) is 5.56. The molecule has 0 aliphatic rings. The van der Waals surface area contributed by atoms with Gasteiger partial charge in [0.25, 0.3) is 0 Å². The van der Waals surface area contributed by atoms with Gasteiger partial charge in [0.15, 0.2) is 0 Å². The van der Waals surface area contributed by atoms with Crippen LogP contribution in [0.3, 0.4) is 0 Å². The van der Waals surface area contributed by atoms with E-state index in [2.05, 4.69) is 24.0 Å². The van der Waals surface area contributed by atoms with Gasteiger partial charge in [-0.25, -0.2) is 4.98 Å². The van der Waals surface area contributed by atoms with E-state index in [0.29, 0.717) is 24.7 Å². The summed E-state index contributed by atoms with van der Waals surface area (Å²) in [7, 11) is 0. The zero-order chi connectivity index (χ0) is 19.8. The van der Waals surface area contributed by atoms with Gasteiger partial charge in [0.05, 0.1) is 5.52 Å². The minimum absolute atomic E-state index is 0.171. The highest BCUT2D eigenvalue weighted by Crippen LogP contribution is 2.23. The number of aromatic nitrogens is 1. The minimum atomic E-state index is 0.171. The van der Waals surface area contributed by atoms with Gasteiger partial charge in [-0.15, -0.1) is 0 Å². The van der Waals surface area contributed by atoms with Crippen molar-refractivity contribution in [3.8, 4) is 0 Å². The number of para-hydroxylation sites is 1. The van der Waals surface area contributed by atoms with E-state index in [9.17, 15) is 4.79 Å². The molecule has 0 atom stereocenters. The van der Waals surface area contributed by atoms with Crippen LogP contribution in [0.2, 0.25) is 5.15 Å². The minimum Gasteiger partial charge on any atom is -0.334 e. The van der Waals surface area contributed by atoms with Crippen LogP contribution >= 0.6 is 11.6 Å². The van der Waals surface area contributed by atoms with Crippen molar-refractivity contribution in [1.82, 2.24) is 9.88 Å². The maximum atomic E-state index is 13.0. The van der Waals surface area contributed by atoms with Gasteiger partial charge >= 0.3 is 0 Å². The zero-order valence-corrected chi connectivity index (χ0v) is 17.2. The van der Waals surface area contributed by atoms with Crippen LogP contribution in [0.25, 0.3) is 10.9 Å². The highest BCUT2D eigenvalue weighted by atomic mass is 35.5. The smallest absolute Gasteiger partial charge is 0.223 e. The number of rotatable bonds is 9. The first kappa shape index (κ1) is 20.3. The summed E-state index contributed by atoms with van der Waals surface area (Å²) >= 11 is 6.45. The molecule has 1 amide bonds. The normalized spacial score (nSPS) is 10.9. The van der Waals surface area contributed by atoms with Crippen molar-refractivity contribution < 1.29 is 4.79 Å². The van der Waals surface area contributed by atoms with Gasteiger partial charge in [-0.05, 0) is 24.1 Å². The highest BCUT2D eigenvalue weighted by Gasteiger charge is 2.17. The lowest BCUT2D eigenvalue weighted by Crippen LogP contribution is -2.30. The second-order valence-electron chi connectivity index (χ2n) is 7.18. The molecule has 0 aliphatic carbocycles. The van der Waals surface area contributed by atoms with E-state index >= 15 is 0 Å². The summed E-state index contributed by atoms with van der Waals surface area (Å²) in [6.07, 6.45) is 4.94. The fraction of sp³-hybridized carbons (Fsp3) is 0.333. The van der Waals surface area contributed by atoms with E-state index in [4.69, 9.17) is 11.6 Å². The molecule has 0 unspecified atom stereocenters. The number of carbonyl (C=O) groups is 1. The number of nitrogens with zero attached hydrogens (tertiary/aromatic N) is 2. The standard InChI is InChI=1S/C24H27ClN2O/c1-2-3-4-8-15-23(28)27(17-19-11-6-5-7-12-19)18-21-16-20-13-9-10-14-22(20)26-24(21)25/h5-7,9-14,16H,2-4,8,15,17-18H2,1H3. The number of pyridine rings is 1. The van der Waals surface area contributed by atoms with Crippen molar-refractivity contribution >= 4 is 28.4 Å². The molecular weight excluding hydrogens is 368 g/mol. The van der Waals surface area contributed by atoms with E-state index in [1.807, 2.05) is 53.4 Å². The van der Waals surface area contributed by atoms with E-state index in [1.165, 1.54) is 12.8 Å². The number of amides is 1. The number of hydrogen-bond acceptors (Lipinski definition) is 2. The first-order chi connectivity index (χ1) is 13.7. The first-order valence-electron chi connectivity index (χ1n) is 10.0. The van der Waals surface area contributed by atoms with Crippen molar-refractivity contribution in [2.45, 2.75) is 52.1 Å². The summed E-state index contributed by atoms with van der Waals surface area (Å²) in [6, 6.07) is 20.1.